The molecule has 4 rings (SSSR count). The van der Waals surface area contributed by atoms with E-state index in [4.69, 9.17) is 4.74 Å². The quantitative estimate of drug-likeness (QED) is 0.301. The van der Waals surface area contributed by atoms with E-state index >= 15 is 0 Å². The Balaban J connectivity index is 1.18. The summed E-state index contributed by atoms with van der Waals surface area (Å²) < 4.78 is 35.0. The van der Waals surface area contributed by atoms with Gasteiger partial charge in [0.25, 0.3) is 0 Å². The average Bonchev–Trinajstić information content (AvgIpc) is 2.81. The molecule has 3 aliphatic carbocycles. The number of allylic oxidation sites excluding steroid dienone is 2. The van der Waals surface area contributed by atoms with Gasteiger partial charge in [0.2, 0.25) is 5.82 Å². The van der Waals surface area contributed by atoms with Crippen molar-refractivity contribution in [3.63, 3.8) is 0 Å². The first kappa shape index (κ1) is 23.8. The van der Waals surface area contributed by atoms with Crippen LogP contribution in [-0.2, 0) is 0 Å². The fraction of sp³-hybridized carbons (Fsp3) is 0.724. The van der Waals surface area contributed by atoms with Crippen LogP contribution in [-0.4, -0.2) is 6.61 Å². The predicted molar refractivity (Wildman–Crippen MR) is 128 cm³/mol. The normalized spacial score (nSPS) is 33.2. The van der Waals surface area contributed by atoms with Crippen LogP contribution in [0.25, 0.3) is 0 Å². The molecule has 0 spiro atoms. The summed E-state index contributed by atoms with van der Waals surface area (Å²) in [5.74, 6) is 2.64. The summed E-state index contributed by atoms with van der Waals surface area (Å²) in [5.41, 5.74) is 0.542. The van der Waals surface area contributed by atoms with E-state index < -0.39 is 11.6 Å². The van der Waals surface area contributed by atoms with Gasteiger partial charge in [0.15, 0.2) is 11.6 Å². The molecular weight excluding hydrogens is 402 g/mol. The van der Waals surface area contributed by atoms with Crippen molar-refractivity contribution in [1.82, 2.24) is 0 Å². The Labute approximate surface area is 194 Å². The Kier molecular flexibility index (Phi) is 8.29. The van der Waals surface area contributed by atoms with Gasteiger partial charge in [0, 0.05) is 0 Å². The van der Waals surface area contributed by atoms with Crippen LogP contribution in [0.3, 0.4) is 0 Å². The summed E-state index contributed by atoms with van der Waals surface area (Å²) in [7, 11) is 0. The molecule has 0 aromatic heterocycles. The lowest BCUT2D eigenvalue weighted by molar-refractivity contribution is 0.196. The Morgan fingerprint density at radius 3 is 2.25 bits per heavy atom. The van der Waals surface area contributed by atoms with Crippen LogP contribution in [0.15, 0.2) is 24.3 Å². The zero-order valence-corrected chi connectivity index (χ0v) is 20.1. The molecule has 1 nitrogen and oxygen atoms in total. The third-order valence-corrected chi connectivity index (χ3v) is 8.69. The zero-order chi connectivity index (χ0) is 22.5. The third-order valence-electron chi connectivity index (χ3n) is 8.69. The molecule has 0 saturated heterocycles. The van der Waals surface area contributed by atoms with Crippen LogP contribution in [0.2, 0.25) is 0 Å². The highest BCUT2D eigenvalue weighted by Crippen LogP contribution is 2.40. The van der Waals surface area contributed by atoms with Gasteiger partial charge >= 0.3 is 0 Å². The van der Waals surface area contributed by atoms with E-state index in [2.05, 4.69) is 26.0 Å². The van der Waals surface area contributed by atoms with Crippen LogP contribution < -0.4 is 4.74 Å². The topological polar surface area (TPSA) is 9.23 Å². The van der Waals surface area contributed by atoms with E-state index in [-0.39, 0.29) is 11.7 Å². The molecule has 2 fully saturated rings. The second-order valence-corrected chi connectivity index (χ2v) is 11.1. The minimum absolute atomic E-state index is 0.0810. The van der Waals surface area contributed by atoms with Gasteiger partial charge < -0.3 is 4.74 Å². The maximum Gasteiger partial charge on any atom is 0.200 e. The van der Waals surface area contributed by atoms with Gasteiger partial charge in [-0.05, 0) is 98.5 Å². The molecule has 1 aromatic rings. The second-order valence-electron chi connectivity index (χ2n) is 11.1. The molecule has 2 atom stereocenters. The molecule has 1 aromatic carbocycles. The minimum Gasteiger partial charge on any atom is -0.490 e. The highest BCUT2D eigenvalue weighted by molar-refractivity contribution is 5.33. The number of ether oxygens (including phenoxy) is 1. The van der Waals surface area contributed by atoms with Crippen LogP contribution in [0, 0.1) is 41.2 Å². The Bertz CT molecular complexity index is 757. The fourth-order valence-corrected chi connectivity index (χ4v) is 6.38. The summed E-state index contributed by atoms with van der Waals surface area (Å²) in [6, 6.07) is 3.41. The zero-order valence-electron chi connectivity index (χ0n) is 20.1. The van der Waals surface area contributed by atoms with Crippen molar-refractivity contribution in [3.8, 4) is 5.75 Å². The minimum atomic E-state index is -0.795. The SMILES string of the molecule is CC1C=CC(C2CCC(CCCOc3ccc(C4CCC(C)CC4)c(F)c3F)CC2)CC1. The fourth-order valence-electron chi connectivity index (χ4n) is 6.38. The van der Waals surface area contributed by atoms with Gasteiger partial charge in [0.05, 0.1) is 6.61 Å². The van der Waals surface area contributed by atoms with E-state index in [1.54, 1.807) is 12.1 Å². The highest BCUT2D eigenvalue weighted by Gasteiger charge is 2.28. The molecule has 2 unspecified atom stereocenters. The van der Waals surface area contributed by atoms with Crippen molar-refractivity contribution in [2.24, 2.45) is 29.6 Å². The summed E-state index contributed by atoms with van der Waals surface area (Å²) in [4.78, 5) is 0. The third kappa shape index (κ3) is 5.94. The largest absolute Gasteiger partial charge is 0.490 e. The van der Waals surface area contributed by atoms with Crippen LogP contribution in [0.4, 0.5) is 8.78 Å². The van der Waals surface area contributed by atoms with E-state index in [9.17, 15) is 8.78 Å². The van der Waals surface area contributed by atoms with Crippen molar-refractivity contribution in [2.75, 3.05) is 6.61 Å². The molecule has 0 aliphatic heterocycles. The van der Waals surface area contributed by atoms with Gasteiger partial charge in [0.1, 0.15) is 0 Å². The molecule has 3 aliphatic rings. The lowest BCUT2D eigenvalue weighted by atomic mass is 9.71. The maximum absolute atomic E-state index is 14.7. The molecule has 0 N–H and O–H groups in total. The van der Waals surface area contributed by atoms with Gasteiger partial charge in [-0.2, -0.15) is 4.39 Å². The summed E-state index contributed by atoms with van der Waals surface area (Å²) in [5, 5.41) is 0. The molecule has 0 amide bonds. The van der Waals surface area contributed by atoms with Crippen LogP contribution >= 0.6 is 0 Å². The first-order valence-corrected chi connectivity index (χ1v) is 13.3. The van der Waals surface area contributed by atoms with Gasteiger partial charge in [-0.15, -0.1) is 0 Å². The number of rotatable bonds is 7. The average molecular weight is 445 g/mol. The number of hydrogen-bond donors (Lipinski definition) is 0. The molecule has 2 saturated carbocycles. The summed E-state index contributed by atoms with van der Waals surface area (Å²) in [6.45, 7) is 5.03. The Hall–Kier alpha value is -1.38. The maximum atomic E-state index is 14.7. The molecule has 0 bridgehead atoms. The molecular formula is C29H42F2O. The molecule has 0 heterocycles. The van der Waals surface area contributed by atoms with Gasteiger partial charge in [-0.3, -0.25) is 0 Å². The Morgan fingerprint density at radius 2 is 1.56 bits per heavy atom. The first-order chi connectivity index (χ1) is 15.5. The van der Waals surface area contributed by atoms with E-state index in [0.717, 1.165) is 62.2 Å². The highest BCUT2D eigenvalue weighted by atomic mass is 19.2. The number of halogens is 2. The van der Waals surface area contributed by atoms with Crippen molar-refractivity contribution >= 4 is 0 Å². The lowest BCUT2D eigenvalue weighted by Gasteiger charge is -2.34. The summed E-state index contributed by atoms with van der Waals surface area (Å²) in [6.07, 6.45) is 19.1. The van der Waals surface area contributed by atoms with Crippen molar-refractivity contribution in [3.05, 3.63) is 41.5 Å². The predicted octanol–water partition coefficient (Wildman–Crippen LogP) is 8.83. The smallest absolute Gasteiger partial charge is 0.200 e. The van der Waals surface area contributed by atoms with Gasteiger partial charge in [-0.25, -0.2) is 4.39 Å². The second kappa shape index (κ2) is 11.2. The van der Waals surface area contributed by atoms with E-state index in [1.807, 2.05) is 0 Å². The lowest BCUT2D eigenvalue weighted by Crippen LogP contribution is -2.23. The van der Waals surface area contributed by atoms with Crippen LogP contribution in [0.5, 0.6) is 5.75 Å². The monoisotopic (exact) mass is 444 g/mol. The summed E-state index contributed by atoms with van der Waals surface area (Å²) >= 11 is 0. The van der Waals surface area contributed by atoms with E-state index in [0.29, 0.717) is 18.1 Å². The van der Waals surface area contributed by atoms with E-state index in [1.165, 1.54) is 38.5 Å². The molecule has 32 heavy (non-hydrogen) atoms. The first-order valence-electron chi connectivity index (χ1n) is 13.3. The van der Waals surface area contributed by atoms with Crippen LogP contribution in [0.1, 0.15) is 102 Å². The van der Waals surface area contributed by atoms with Crippen molar-refractivity contribution < 1.29 is 13.5 Å². The molecule has 178 valence electrons. The van der Waals surface area contributed by atoms with Crippen molar-refractivity contribution in [1.29, 1.82) is 0 Å². The van der Waals surface area contributed by atoms with Gasteiger partial charge in [-0.1, -0.05) is 57.7 Å². The molecule has 0 radical (unpaired) electrons. The standard InChI is InChI=1S/C29H42F2O/c1-20-5-11-23(12-6-20)24-15-9-22(10-16-24)4-3-19-32-27-18-17-26(28(30)29(27)31)25-13-7-21(2)8-14-25/h5,11,17-18,20-25H,3-4,6-10,12-16,19H2,1-2H3. The number of benzene rings is 1. The Morgan fingerprint density at radius 1 is 0.812 bits per heavy atom. The van der Waals surface area contributed by atoms with Crippen molar-refractivity contribution in [2.45, 2.75) is 96.8 Å². The number of hydrogen-bond acceptors (Lipinski definition) is 1. The molecule has 3 heteroatoms.